The fraction of sp³-hybridized carbons (Fsp3) is 0.356. The Morgan fingerprint density at radius 2 is 0.760 bits per heavy atom. The van der Waals surface area contributed by atoms with Crippen LogP contribution in [0.15, 0.2) is 164 Å². The van der Waals surface area contributed by atoms with Gasteiger partial charge in [-0.15, -0.1) is 0 Å². The normalized spacial score (nSPS) is 13.2. The lowest BCUT2D eigenvalue weighted by atomic mass is 9.79. The molecule has 8 aromatic carbocycles. The molecule has 0 radical (unpaired) electrons. The molecule has 0 N–H and O–H groups in total. The summed E-state index contributed by atoms with van der Waals surface area (Å²) in [6, 6.07) is 59.2. The molecule has 11 rings (SSSR count). The van der Waals surface area contributed by atoms with Crippen molar-refractivity contribution in [2.75, 3.05) is 0 Å². The summed E-state index contributed by atoms with van der Waals surface area (Å²) in [5.41, 5.74) is 22.2. The maximum absolute atomic E-state index is 10.4. The van der Waals surface area contributed by atoms with Crippen LogP contribution in [0.3, 0.4) is 0 Å². The Labute approximate surface area is 574 Å². The van der Waals surface area contributed by atoms with E-state index in [-0.39, 0.29) is 43.3 Å². The molecule has 6 heteroatoms. The number of hydrogen-bond donors (Lipinski definition) is 0. The summed E-state index contributed by atoms with van der Waals surface area (Å²) in [5, 5.41) is 13.9. The highest BCUT2D eigenvalue weighted by Gasteiger charge is 2.30. The molecule has 0 atom stereocenters. The van der Waals surface area contributed by atoms with Crippen molar-refractivity contribution in [2.45, 2.75) is 204 Å². The third-order valence-corrected chi connectivity index (χ3v) is 19.2. The van der Waals surface area contributed by atoms with E-state index in [0.717, 1.165) is 83.5 Å². The molecule has 0 fully saturated rings. The van der Waals surface area contributed by atoms with Crippen LogP contribution in [0.4, 0.5) is 0 Å². The molecule has 3 aromatic heterocycles. The zero-order valence-electron chi connectivity index (χ0n) is 62.1. The van der Waals surface area contributed by atoms with Crippen molar-refractivity contribution < 1.29 is 0 Å². The quantitative estimate of drug-likeness (QED) is 0.144. The summed E-state index contributed by atoms with van der Waals surface area (Å²) >= 11 is 0. The average Bonchev–Trinajstić information content (AvgIpc) is 1.56. The van der Waals surface area contributed by atoms with Gasteiger partial charge in [0.05, 0.1) is 45.3 Å². The van der Waals surface area contributed by atoms with Crippen LogP contribution in [0.1, 0.15) is 222 Å². The molecule has 3 heterocycles. The van der Waals surface area contributed by atoms with Crippen molar-refractivity contribution in [1.82, 2.24) is 24.1 Å². The van der Waals surface area contributed by atoms with Crippen LogP contribution in [0.25, 0.3) is 113 Å². The number of allylic oxidation sites excluding steroid dienone is 1. The SMILES string of the molecule is C=Cc1c(/C=C\C(C)(C)C)n(-c2cc(-c3cccc(C#N)c3)ccc2-c2cc(-c3nc(-c4cc(C(C)(C)C)cc(C(C)(C)C)c4)nc(-c4cc(C(C)(C)C)cc(C(C)(C)C)c4)n3)ccc2-n2c3ccc(C(C)(C)C)cc3c3cc(C(C)(C)C)ccc32)c2ccc(C(C)(C)C)cc12. The summed E-state index contributed by atoms with van der Waals surface area (Å²) in [7, 11) is 0. The second-order valence-corrected chi connectivity index (χ2v) is 35.4. The van der Waals surface area contributed by atoms with E-state index in [4.69, 9.17) is 15.0 Å². The topological polar surface area (TPSA) is 72.3 Å². The third kappa shape index (κ3) is 13.6. The van der Waals surface area contributed by atoms with Gasteiger partial charge in [0.15, 0.2) is 17.5 Å². The summed E-state index contributed by atoms with van der Waals surface area (Å²) in [5.74, 6) is 1.81. The third-order valence-electron chi connectivity index (χ3n) is 19.2. The van der Waals surface area contributed by atoms with Gasteiger partial charge < -0.3 is 9.13 Å². The van der Waals surface area contributed by atoms with Crippen LogP contribution < -0.4 is 0 Å². The standard InChI is InChI=1S/C90H102N6/c1-26-68-71-51-61(84(5,6)7)32-37-75(71)96(78(68)40-41-83(2,3)4)79-48-57(56-29-27-28-55(42-56)54-91)30-35-69(79)70-47-58(31-36-74(70)95-76-38-33-62(85(8,9)10)52-72(76)73-53-63(86(11,12)13)34-39-77(73)95)80-92-81(59-43-64(87(14,15)16)49-65(44-59)88(17,18)19)94-82(93-80)60-45-66(89(20,21)22)50-67(46-60)90(23,24)25/h26-53H,1H2,2-25H3/b41-40-. The van der Waals surface area contributed by atoms with Gasteiger partial charge >= 0.3 is 0 Å². The largest absolute Gasteiger partial charge is 0.309 e. The molecule has 0 bridgehead atoms. The highest BCUT2D eigenvalue weighted by Crippen LogP contribution is 2.47. The van der Waals surface area contributed by atoms with Crippen LogP contribution in [0.5, 0.6) is 0 Å². The summed E-state index contributed by atoms with van der Waals surface area (Å²) in [4.78, 5) is 17.0. The average molecular weight is 1270 g/mol. The van der Waals surface area contributed by atoms with Gasteiger partial charge in [-0.25, -0.2) is 15.0 Å². The molecule has 0 unspecified atom stereocenters. The molecule has 0 saturated heterocycles. The van der Waals surface area contributed by atoms with E-state index in [2.05, 4.69) is 334 Å². The van der Waals surface area contributed by atoms with Crippen molar-refractivity contribution in [3.63, 3.8) is 0 Å². The van der Waals surface area contributed by atoms with Gasteiger partial charge in [0.2, 0.25) is 0 Å². The first-order chi connectivity index (χ1) is 44.5. The molecule has 0 amide bonds. The fourth-order valence-corrected chi connectivity index (χ4v) is 13.0. The minimum atomic E-state index is -0.155. The van der Waals surface area contributed by atoms with Crippen LogP contribution in [-0.2, 0) is 37.9 Å². The van der Waals surface area contributed by atoms with Gasteiger partial charge in [-0.3, -0.25) is 0 Å². The molecular formula is C90H102N6. The summed E-state index contributed by atoms with van der Waals surface area (Å²) in [6.07, 6.45) is 6.66. The molecule has 96 heavy (non-hydrogen) atoms. The van der Waals surface area contributed by atoms with Gasteiger partial charge in [-0.1, -0.05) is 239 Å². The lowest BCUT2D eigenvalue weighted by Gasteiger charge is -2.26. The number of rotatable bonds is 9. The van der Waals surface area contributed by atoms with Crippen molar-refractivity contribution in [3.05, 3.63) is 220 Å². The number of benzene rings is 8. The number of nitriles is 1. The van der Waals surface area contributed by atoms with Crippen LogP contribution in [0.2, 0.25) is 0 Å². The second-order valence-electron chi connectivity index (χ2n) is 35.4. The van der Waals surface area contributed by atoms with E-state index in [1.165, 1.54) is 49.7 Å². The van der Waals surface area contributed by atoms with Gasteiger partial charge in [0.1, 0.15) is 0 Å². The molecular weight excluding hydrogens is 1170 g/mol. The Hall–Kier alpha value is -8.92. The molecule has 0 aliphatic heterocycles. The Balaban J connectivity index is 1.34. The van der Waals surface area contributed by atoms with Crippen molar-refractivity contribution in [2.24, 2.45) is 5.41 Å². The molecule has 6 nitrogen and oxygen atoms in total. The monoisotopic (exact) mass is 1270 g/mol. The predicted molar refractivity (Wildman–Crippen MR) is 412 cm³/mol. The van der Waals surface area contributed by atoms with E-state index in [9.17, 15) is 5.26 Å². The number of nitrogens with zero attached hydrogens (tertiary/aromatic N) is 6. The summed E-state index contributed by atoms with van der Waals surface area (Å²) < 4.78 is 4.96. The Kier molecular flexibility index (Phi) is 17.1. The highest BCUT2D eigenvalue weighted by atomic mass is 15.0. The van der Waals surface area contributed by atoms with Crippen LogP contribution in [0, 0.1) is 16.7 Å². The van der Waals surface area contributed by atoms with Gasteiger partial charge in [0.25, 0.3) is 0 Å². The number of aromatic nitrogens is 5. The Morgan fingerprint density at radius 1 is 0.354 bits per heavy atom. The molecule has 11 aromatic rings. The fourth-order valence-electron chi connectivity index (χ4n) is 13.0. The second kappa shape index (κ2) is 24.0. The molecule has 492 valence electrons. The Morgan fingerprint density at radius 3 is 1.18 bits per heavy atom. The lowest BCUT2D eigenvalue weighted by Crippen LogP contribution is -2.17. The first-order valence-corrected chi connectivity index (χ1v) is 34.5. The molecule has 0 aliphatic rings. The van der Waals surface area contributed by atoms with Gasteiger partial charge in [0, 0.05) is 49.5 Å². The van der Waals surface area contributed by atoms with Crippen LogP contribution in [-0.4, -0.2) is 24.1 Å². The number of hydrogen-bond acceptors (Lipinski definition) is 4. The van der Waals surface area contributed by atoms with E-state index in [1.54, 1.807) is 0 Å². The van der Waals surface area contributed by atoms with Gasteiger partial charge in [-0.05, 0) is 197 Å². The Bertz CT molecular complexity index is 4730. The first kappa shape index (κ1) is 68.5. The lowest BCUT2D eigenvalue weighted by molar-refractivity contribution is 0.547. The summed E-state index contributed by atoms with van der Waals surface area (Å²) in [6.45, 7) is 59.4. The minimum absolute atomic E-state index is 0.0932. The van der Waals surface area contributed by atoms with Crippen molar-refractivity contribution >= 4 is 44.9 Å². The van der Waals surface area contributed by atoms with E-state index in [1.807, 2.05) is 24.3 Å². The molecule has 0 saturated carbocycles. The van der Waals surface area contributed by atoms with Crippen LogP contribution >= 0.6 is 0 Å². The first-order valence-electron chi connectivity index (χ1n) is 34.5. The van der Waals surface area contributed by atoms with Gasteiger partial charge in [-0.2, -0.15) is 5.26 Å². The van der Waals surface area contributed by atoms with E-state index < -0.39 is 0 Å². The molecule has 0 aliphatic carbocycles. The van der Waals surface area contributed by atoms with Crippen molar-refractivity contribution in [1.29, 1.82) is 5.26 Å². The zero-order chi connectivity index (χ0) is 69.9. The number of fused-ring (bicyclic) bond motifs is 4. The molecule has 0 spiro atoms. The van der Waals surface area contributed by atoms with Crippen molar-refractivity contribution in [3.8, 4) is 73.9 Å². The minimum Gasteiger partial charge on any atom is -0.309 e. The smallest absolute Gasteiger partial charge is 0.164 e. The maximum Gasteiger partial charge on any atom is 0.164 e. The van der Waals surface area contributed by atoms with E-state index >= 15 is 0 Å². The predicted octanol–water partition coefficient (Wildman–Crippen LogP) is 24.9. The zero-order valence-corrected chi connectivity index (χ0v) is 62.1. The maximum atomic E-state index is 10.4. The van der Waals surface area contributed by atoms with E-state index in [0.29, 0.717) is 23.0 Å². The highest BCUT2D eigenvalue weighted by molar-refractivity contribution is 6.11.